The van der Waals surface area contributed by atoms with Gasteiger partial charge in [-0.15, -0.1) is 0 Å². The molecule has 0 radical (unpaired) electrons. The van der Waals surface area contributed by atoms with Gasteiger partial charge in [-0.3, -0.25) is 9.59 Å². The summed E-state index contributed by atoms with van der Waals surface area (Å²) in [7, 11) is -4.38. The van der Waals surface area contributed by atoms with Crippen molar-refractivity contribution in [3.05, 3.63) is 94.1 Å². The van der Waals surface area contributed by atoms with Crippen molar-refractivity contribution in [1.29, 1.82) is 0 Å². The van der Waals surface area contributed by atoms with Gasteiger partial charge in [-0.25, -0.2) is 18.1 Å². The Morgan fingerprint density at radius 2 is 1.80 bits per heavy atom. The number of carbonyl (C=O) groups is 3. The van der Waals surface area contributed by atoms with Crippen molar-refractivity contribution in [2.24, 2.45) is 0 Å². The van der Waals surface area contributed by atoms with E-state index in [0.717, 1.165) is 25.7 Å². The van der Waals surface area contributed by atoms with Crippen LogP contribution >= 0.6 is 23.2 Å². The second kappa shape index (κ2) is 11.7. The molecule has 1 saturated heterocycles. The topological polar surface area (TPSA) is 117 Å². The Morgan fingerprint density at radius 1 is 1.07 bits per heavy atom. The molecule has 2 heterocycles. The number of aromatic amines is 1. The van der Waals surface area contributed by atoms with E-state index < -0.39 is 33.8 Å². The molecule has 0 saturated carbocycles. The van der Waals surface area contributed by atoms with Crippen molar-refractivity contribution in [1.82, 2.24) is 9.29 Å². The molecule has 12 heteroatoms. The molecule has 9 nitrogen and oxygen atoms in total. The molecule has 1 fully saturated rings. The fourth-order valence-electron chi connectivity index (χ4n) is 4.89. The molecular weight excluding hydrogens is 589 g/mol. The number of ether oxygens (including phenoxy) is 1. The third-order valence-electron chi connectivity index (χ3n) is 6.86. The number of esters is 1. The molecule has 1 aliphatic rings. The molecule has 3 aromatic carbocycles. The van der Waals surface area contributed by atoms with Crippen molar-refractivity contribution >= 4 is 67.6 Å². The highest BCUT2D eigenvalue weighted by Gasteiger charge is 2.47. The SMILES string of the molecule is CCOC(=O)c1ccc(N2C(=O)CC(N(CCc3c[nH]c4ccccc34)S(=O)(=O)c3cc(Cl)ccc3Cl)C2=O)cc1. The van der Waals surface area contributed by atoms with Crippen LogP contribution in [0.15, 0.2) is 77.8 Å². The van der Waals surface area contributed by atoms with Gasteiger partial charge in [0.25, 0.3) is 5.91 Å². The third-order valence-corrected chi connectivity index (χ3v) is 9.49. The van der Waals surface area contributed by atoms with E-state index in [9.17, 15) is 22.8 Å². The number of anilines is 1. The van der Waals surface area contributed by atoms with Crippen LogP contribution in [0.2, 0.25) is 10.0 Å². The van der Waals surface area contributed by atoms with E-state index >= 15 is 0 Å². The number of benzene rings is 3. The Balaban J connectivity index is 1.50. The largest absolute Gasteiger partial charge is 0.462 e. The third kappa shape index (κ3) is 5.60. The van der Waals surface area contributed by atoms with Crippen molar-refractivity contribution < 1.29 is 27.5 Å². The lowest BCUT2D eigenvalue weighted by Crippen LogP contribution is -2.46. The smallest absolute Gasteiger partial charge is 0.338 e. The lowest BCUT2D eigenvalue weighted by Gasteiger charge is -2.27. The molecule has 1 aromatic heterocycles. The normalized spacial score (nSPS) is 15.7. The summed E-state index contributed by atoms with van der Waals surface area (Å²) in [4.78, 5) is 42.7. The highest BCUT2D eigenvalue weighted by Crippen LogP contribution is 2.33. The minimum Gasteiger partial charge on any atom is -0.462 e. The van der Waals surface area contributed by atoms with Gasteiger partial charge in [0.1, 0.15) is 10.9 Å². The Labute approximate surface area is 246 Å². The lowest BCUT2D eigenvalue weighted by atomic mass is 10.1. The van der Waals surface area contributed by atoms with Gasteiger partial charge in [-0.2, -0.15) is 4.31 Å². The zero-order chi connectivity index (χ0) is 29.3. The van der Waals surface area contributed by atoms with E-state index in [1.54, 1.807) is 13.1 Å². The van der Waals surface area contributed by atoms with Crippen molar-refractivity contribution in [3.63, 3.8) is 0 Å². The second-order valence-corrected chi connectivity index (χ2v) is 12.1. The molecule has 0 spiro atoms. The van der Waals surface area contributed by atoms with Gasteiger partial charge in [-0.1, -0.05) is 41.4 Å². The molecule has 1 unspecified atom stereocenters. The first-order chi connectivity index (χ1) is 19.6. The van der Waals surface area contributed by atoms with Crippen LogP contribution < -0.4 is 4.90 Å². The summed E-state index contributed by atoms with van der Waals surface area (Å²) in [6.07, 6.45) is 1.68. The summed E-state index contributed by atoms with van der Waals surface area (Å²) in [5.74, 6) is -1.82. The number of para-hydroxylation sites is 1. The average Bonchev–Trinajstić information content (AvgIpc) is 3.50. The van der Waals surface area contributed by atoms with Crippen molar-refractivity contribution in [2.45, 2.75) is 30.7 Å². The van der Waals surface area contributed by atoms with Crippen LogP contribution in [0.5, 0.6) is 0 Å². The van der Waals surface area contributed by atoms with Crippen LogP contribution in [0.3, 0.4) is 0 Å². The first kappa shape index (κ1) is 28.8. The fourth-order valence-corrected chi connectivity index (χ4v) is 7.21. The number of hydrogen-bond acceptors (Lipinski definition) is 6. The fraction of sp³-hybridized carbons (Fsp3) is 0.207. The zero-order valence-corrected chi connectivity index (χ0v) is 24.2. The zero-order valence-electron chi connectivity index (χ0n) is 21.8. The van der Waals surface area contributed by atoms with Gasteiger partial charge in [-0.05, 0) is 67.4 Å². The summed E-state index contributed by atoms with van der Waals surface area (Å²) in [5.41, 5.74) is 2.20. The first-order valence-corrected chi connectivity index (χ1v) is 15.0. The predicted molar refractivity (Wildman–Crippen MR) is 156 cm³/mol. The van der Waals surface area contributed by atoms with Gasteiger partial charge in [0.2, 0.25) is 15.9 Å². The number of amides is 2. The number of nitrogens with one attached hydrogen (secondary N) is 1. The Morgan fingerprint density at radius 3 is 2.54 bits per heavy atom. The summed E-state index contributed by atoms with van der Waals surface area (Å²) >= 11 is 12.4. The summed E-state index contributed by atoms with van der Waals surface area (Å²) in [6, 6.07) is 16.1. The molecule has 1 atom stereocenters. The van der Waals surface area contributed by atoms with Crippen molar-refractivity contribution in [2.75, 3.05) is 18.1 Å². The number of hydrogen-bond donors (Lipinski definition) is 1. The number of sulfonamides is 1. The minimum atomic E-state index is -4.38. The predicted octanol–water partition coefficient (Wildman–Crippen LogP) is 5.22. The molecule has 2 amide bonds. The maximum atomic E-state index is 14.0. The molecule has 5 rings (SSSR count). The van der Waals surface area contributed by atoms with E-state index in [4.69, 9.17) is 27.9 Å². The number of fused-ring (bicyclic) bond motifs is 1. The number of H-pyrrole nitrogens is 1. The quantitative estimate of drug-likeness (QED) is 0.204. The second-order valence-electron chi connectivity index (χ2n) is 9.35. The molecular formula is C29H25Cl2N3O6S. The highest BCUT2D eigenvalue weighted by atomic mass is 35.5. The van der Waals surface area contributed by atoms with Gasteiger partial charge in [0.15, 0.2) is 0 Å². The standard InChI is InChI=1S/C29H25Cl2N3O6S/c1-2-40-29(37)18-7-10-21(11-8-18)34-27(35)16-25(28(34)36)33(41(38,39)26-15-20(30)9-12-23(26)31)14-13-19-17-32-24-6-4-3-5-22(19)24/h3-12,15,17,25,32H,2,13-14,16H2,1H3. The van der Waals surface area contributed by atoms with E-state index in [-0.39, 0.29) is 52.2 Å². The highest BCUT2D eigenvalue weighted by molar-refractivity contribution is 7.89. The van der Waals surface area contributed by atoms with Crippen LogP contribution in [0.1, 0.15) is 29.3 Å². The summed E-state index contributed by atoms with van der Waals surface area (Å²) in [5, 5.41) is 1.01. The Hall–Kier alpha value is -3.70. The first-order valence-electron chi connectivity index (χ1n) is 12.8. The van der Waals surface area contributed by atoms with Crippen LogP contribution in [-0.4, -0.2) is 54.7 Å². The van der Waals surface area contributed by atoms with Crippen LogP contribution in [0.4, 0.5) is 5.69 Å². The maximum Gasteiger partial charge on any atom is 0.338 e. The maximum absolute atomic E-state index is 14.0. The van der Waals surface area contributed by atoms with Gasteiger partial charge in [0, 0.05) is 28.7 Å². The minimum absolute atomic E-state index is 0.0605. The number of halogens is 2. The van der Waals surface area contributed by atoms with Crippen LogP contribution in [-0.2, 0) is 30.8 Å². The van der Waals surface area contributed by atoms with E-state index in [1.807, 2.05) is 24.3 Å². The molecule has 41 heavy (non-hydrogen) atoms. The van der Waals surface area contributed by atoms with E-state index in [2.05, 4.69) is 4.98 Å². The molecule has 1 N–H and O–H groups in total. The molecule has 0 aliphatic carbocycles. The van der Waals surface area contributed by atoms with E-state index in [0.29, 0.717) is 0 Å². The lowest BCUT2D eigenvalue weighted by molar-refractivity contribution is -0.122. The number of imide groups is 1. The number of rotatable bonds is 9. The van der Waals surface area contributed by atoms with Gasteiger partial charge in [0.05, 0.1) is 29.3 Å². The van der Waals surface area contributed by atoms with Crippen molar-refractivity contribution in [3.8, 4) is 0 Å². The molecule has 0 bridgehead atoms. The van der Waals surface area contributed by atoms with E-state index in [1.165, 1.54) is 42.5 Å². The average molecular weight is 615 g/mol. The number of nitrogens with zero attached hydrogens (tertiary/aromatic N) is 2. The molecule has 1 aliphatic heterocycles. The Bertz CT molecular complexity index is 1750. The van der Waals surface area contributed by atoms with Crippen LogP contribution in [0, 0.1) is 0 Å². The van der Waals surface area contributed by atoms with Gasteiger partial charge < -0.3 is 9.72 Å². The summed E-state index contributed by atoms with van der Waals surface area (Å²) < 4.78 is 34.1. The Kier molecular flexibility index (Phi) is 8.19. The monoisotopic (exact) mass is 613 g/mol. The summed E-state index contributed by atoms with van der Waals surface area (Å²) in [6.45, 7) is 1.78. The molecule has 4 aromatic rings. The van der Waals surface area contributed by atoms with Crippen LogP contribution in [0.25, 0.3) is 10.9 Å². The van der Waals surface area contributed by atoms with Gasteiger partial charge >= 0.3 is 5.97 Å². The molecule has 212 valence electrons. The number of aromatic nitrogens is 1. The number of carbonyl (C=O) groups excluding carboxylic acids is 3.